The molecule has 15 heteroatoms. The molecule has 13 nitrogen and oxygen atoms in total. The summed E-state index contributed by atoms with van der Waals surface area (Å²) in [6.07, 6.45) is 7.12. The molecular formula is C35H39N9O4SSi. The van der Waals surface area contributed by atoms with Crippen molar-refractivity contribution < 1.29 is 13.5 Å². The van der Waals surface area contributed by atoms with Gasteiger partial charge in [0.2, 0.25) is 0 Å². The van der Waals surface area contributed by atoms with Gasteiger partial charge in [-0.2, -0.15) is 5.10 Å². The molecule has 4 N–H and O–H groups in total. The number of anilines is 2. The van der Waals surface area contributed by atoms with E-state index < -0.39 is 25.4 Å². The Bertz CT molecular complexity index is 2430. The average molecular weight is 710 g/mol. The van der Waals surface area contributed by atoms with E-state index in [0.717, 1.165) is 39.0 Å². The second kappa shape index (κ2) is 13.3. The number of fused-ring (bicyclic) bond motifs is 3. The second-order valence-electron chi connectivity index (χ2n) is 13.6. The van der Waals surface area contributed by atoms with Gasteiger partial charge in [0.1, 0.15) is 30.0 Å². The van der Waals surface area contributed by atoms with Gasteiger partial charge in [-0.25, -0.2) is 18.7 Å². The van der Waals surface area contributed by atoms with Crippen molar-refractivity contribution in [2.75, 3.05) is 16.6 Å². The number of hydrogen-bond acceptors (Lipinski definition) is 7. The van der Waals surface area contributed by atoms with E-state index in [0.29, 0.717) is 40.8 Å². The molecule has 7 rings (SSSR count). The Kier molecular flexibility index (Phi) is 8.90. The molecule has 7 aromatic rings. The van der Waals surface area contributed by atoms with Gasteiger partial charge < -0.3 is 19.6 Å². The molecule has 0 saturated heterocycles. The Morgan fingerprint density at radius 2 is 1.88 bits per heavy atom. The fourth-order valence-electron chi connectivity index (χ4n) is 6.23. The third kappa shape index (κ3) is 6.47. The maximum Gasteiger partial charge on any atom is 0.282 e. The molecule has 258 valence electrons. The van der Waals surface area contributed by atoms with E-state index in [1.807, 2.05) is 79.3 Å². The molecule has 0 fully saturated rings. The standard InChI is InChI=1S/C35H39N9O4SSi/c1-22-12-14-43-31(22)35(45)44(25-9-7-6-8-10-25)33(40-43)23(2)39-32-30-28(27-17-24(41-49(46)47)18-29-26(27)11-13-36-29)19-42(34(30)38-20-37-32)21-48-15-16-50(3,4)5/h6-14,17-20,23,36,41H,15-16,21H2,1-5H3,(H,46,47)(H,37,38,39)/t23-/m0/s1. The highest BCUT2D eigenvalue weighted by Crippen LogP contribution is 2.40. The largest absolute Gasteiger partial charge is 0.361 e. The Morgan fingerprint density at radius 3 is 2.64 bits per heavy atom. The van der Waals surface area contributed by atoms with E-state index >= 15 is 0 Å². The lowest BCUT2D eigenvalue weighted by molar-refractivity contribution is 0.0899. The number of nitrogens with one attached hydrogen (secondary N) is 3. The minimum Gasteiger partial charge on any atom is -0.361 e. The molecule has 0 amide bonds. The molecule has 0 saturated carbocycles. The minimum absolute atomic E-state index is 0.173. The molecule has 0 aliphatic heterocycles. The summed E-state index contributed by atoms with van der Waals surface area (Å²) in [5.74, 6) is 1.03. The van der Waals surface area contributed by atoms with Crippen LogP contribution in [0.1, 0.15) is 24.4 Å². The second-order valence-corrected chi connectivity index (χ2v) is 19.9. The average Bonchev–Trinajstić information content (AvgIpc) is 3.80. The molecule has 5 heterocycles. The predicted octanol–water partition coefficient (Wildman–Crippen LogP) is 6.72. The molecule has 0 bridgehead atoms. The molecular weight excluding hydrogens is 671 g/mol. The number of hydrogen-bond donors (Lipinski definition) is 4. The van der Waals surface area contributed by atoms with Crippen LogP contribution in [-0.4, -0.2) is 57.1 Å². The Morgan fingerprint density at radius 1 is 1.08 bits per heavy atom. The van der Waals surface area contributed by atoms with Crippen molar-refractivity contribution in [1.29, 1.82) is 0 Å². The van der Waals surface area contributed by atoms with Gasteiger partial charge in [0.15, 0.2) is 5.82 Å². The van der Waals surface area contributed by atoms with Gasteiger partial charge >= 0.3 is 0 Å². The number of aromatic amines is 1. The monoisotopic (exact) mass is 709 g/mol. The van der Waals surface area contributed by atoms with E-state index in [1.165, 1.54) is 6.33 Å². The molecule has 2 aromatic carbocycles. The topological polar surface area (TPSA) is 156 Å². The lowest BCUT2D eigenvalue weighted by atomic mass is 10.0. The van der Waals surface area contributed by atoms with Gasteiger partial charge in [-0.05, 0) is 67.4 Å². The van der Waals surface area contributed by atoms with Crippen molar-refractivity contribution >= 4 is 58.3 Å². The zero-order valence-electron chi connectivity index (χ0n) is 28.5. The number of rotatable bonds is 12. The van der Waals surface area contributed by atoms with Crippen molar-refractivity contribution in [1.82, 2.24) is 33.7 Å². The van der Waals surface area contributed by atoms with E-state index in [4.69, 9.17) is 19.8 Å². The summed E-state index contributed by atoms with van der Waals surface area (Å²) >= 11 is -2.27. The SMILES string of the molecule is Cc1ccn2nc([C@H](C)Nc3ncnc4c3c(-c3cc(NS(=O)O)cc5[nH]ccc35)cn4COCC[Si](C)(C)C)n(-c3ccccc3)c(=O)c12. The van der Waals surface area contributed by atoms with Crippen LogP contribution in [0.3, 0.4) is 0 Å². The maximum atomic E-state index is 14.0. The van der Waals surface area contributed by atoms with Crippen LogP contribution in [-0.2, 0) is 22.7 Å². The Hall–Kier alpha value is -5.09. The molecule has 0 spiro atoms. The van der Waals surface area contributed by atoms with Gasteiger partial charge in [-0.3, -0.25) is 18.6 Å². The zero-order chi connectivity index (χ0) is 35.2. The Balaban J connectivity index is 1.38. The minimum atomic E-state index is -2.27. The van der Waals surface area contributed by atoms with Crippen LogP contribution in [0.2, 0.25) is 25.7 Å². The highest BCUT2D eigenvalue weighted by Gasteiger charge is 2.24. The number of para-hydroxylation sites is 1. The molecule has 0 aliphatic carbocycles. The maximum absolute atomic E-state index is 14.0. The van der Waals surface area contributed by atoms with Crippen LogP contribution in [0.4, 0.5) is 11.5 Å². The van der Waals surface area contributed by atoms with Gasteiger partial charge in [-0.15, -0.1) is 0 Å². The van der Waals surface area contributed by atoms with Gasteiger partial charge in [0.05, 0.1) is 22.8 Å². The summed E-state index contributed by atoms with van der Waals surface area (Å²) in [7, 11) is -1.31. The van der Waals surface area contributed by atoms with Crippen molar-refractivity contribution in [2.24, 2.45) is 0 Å². The van der Waals surface area contributed by atoms with Crippen molar-refractivity contribution in [3.05, 3.63) is 101 Å². The summed E-state index contributed by atoms with van der Waals surface area (Å²) in [4.78, 5) is 26.7. The predicted molar refractivity (Wildman–Crippen MR) is 201 cm³/mol. The van der Waals surface area contributed by atoms with Crippen molar-refractivity contribution in [3.8, 4) is 16.8 Å². The summed E-state index contributed by atoms with van der Waals surface area (Å²) in [5.41, 5.74) is 5.38. The van der Waals surface area contributed by atoms with E-state index in [9.17, 15) is 13.6 Å². The molecule has 0 aliphatic rings. The number of ether oxygens (including phenoxy) is 1. The first-order valence-corrected chi connectivity index (χ1v) is 21.1. The third-order valence-corrected chi connectivity index (χ3v) is 10.8. The lowest BCUT2D eigenvalue weighted by Gasteiger charge is -2.20. The highest BCUT2D eigenvalue weighted by atomic mass is 32.2. The van der Waals surface area contributed by atoms with Crippen LogP contribution in [0.15, 0.2) is 84.3 Å². The van der Waals surface area contributed by atoms with Crippen LogP contribution in [0, 0.1) is 6.92 Å². The highest BCUT2D eigenvalue weighted by molar-refractivity contribution is 7.80. The third-order valence-electron chi connectivity index (χ3n) is 8.71. The van der Waals surface area contributed by atoms with Gasteiger partial charge in [0, 0.05) is 49.7 Å². The van der Waals surface area contributed by atoms with Crippen molar-refractivity contribution in [2.45, 2.75) is 52.3 Å². The van der Waals surface area contributed by atoms with Gasteiger partial charge in [-0.1, -0.05) is 37.8 Å². The summed E-state index contributed by atoms with van der Waals surface area (Å²) in [5, 5.41) is 10.1. The number of aromatic nitrogens is 7. The van der Waals surface area contributed by atoms with Crippen LogP contribution in [0.25, 0.3) is 44.3 Å². The first-order chi connectivity index (χ1) is 24.0. The fraction of sp³-hybridized carbons (Fsp3) is 0.257. The van der Waals surface area contributed by atoms with Crippen molar-refractivity contribution in [3.63, 3.8) is 0 Å². The van der Waals surface area contributed by atoms with E-state index in [-0.39, 0.29) is 12.3 Å². The molecule has 0 radical (unpaired) electrons. The molecule has 50 heavy (non-hydrogen) atoms. The van der Waals surface area contributed by atoms with Crippen LogP contribution >= 0.6 is 0 Å². The van der Waals surface area contributed by atoms with E-state index in [1.54, 1.807) is 21.3 Å². The Labute approximate surface area is 291 Å². The van der Waals surface area contributed by atoms with E-state index in [2.05, 4.69) is 34.7 Å². The molecule has 5 aromatic heterocycles. The number of nitrogens with zero attached hydrogens (tertiary/aromatic N) is 6. The summed E-state index contributed by atoms with van der Waals surface area (Å²) < 4.78 is 35.5. The fourth-order valence-corrected chi connectivity index (χ4v) is 7.31. The first kappa shape index (κ1) is 33.4. The zero-order valence-corrected chi connectivity index (χ0v) is 30.3. The van der Waals surface area contributed by atoms with Crippen LogP contribution in [0.5, 0.6) is 0 Å². The lowest BCUT2D eigenvalue weighted by Crippen LogP contribution is -2.29. The first-order valence-electron chi connectivity index (χ1n) is 16.3. The number of benzene rings is 2. The quantitative estimate of drug-likeness (QED) is 0.0619. The number of aryl methyl sites for hydroxylation is 1. The van der Waals surface area contributed by atoms with Gasteiger partial charge in [0.25, 0.3) is 16.8 Å². The van der Waals surface area contributed by atoms with Crippen LogP contribution < -0.4 is 15.6 Å². The summed E-state index contributed by atoms with van der Waals surface area (Å²) in [6.45, 7) is 11.7. The molecule has 2 atom stereocenters. The molecule has 1 unspecified atom stereocenters. The summed E-state index contributed by atoms with van der Waals surface area (Å²) in [6, 6.07) is 17.5. The normalized spacial score (nSPS) is 13.3. The smallest absolute Gasteiger partial charge is 0.282 e. The number of H-pyrrole nitrogens is 1.